The quantitative estimate of drug-likeness (QED) is 0.752. The van der Waals surface area contributed by atoms with Crippen LogP contribution in [0.25, 0.3) is 0 Å². The number of nitrogens with zero attached hydrogens (tertiary/aromatic N) is 1. The van der Waals surface area contributed by atoms with E-state index in [1.54, 1.807) is 25.3 Å². The van der Waals surface area contributed by atoms with E-state index in [-0.39, 0.29) is 5.91 Å². The SMILES string of the molecule is COCCOC[C@H]1CCN(C(=O)c2ccc(Cl)cc2Cl)C1. The van der Waals surface area contributed by atoms with E-state index in [1.165, 1.54) is 0 Å². The fourth-order valence-electron chi connectivity index (χ4n) is 2.38. The molecular weight excluding hydrogens is 313 g/mol. The average molecular weight is 332 g/mol. The number of carbonyl (C=O) groups excluding carboxylic acids is 1. The molecule has 1 aromatic carbocycles. The van der Waals surface area contributed by atoms with E-state index in [0.717, 1.165) is 13.0 Å². The summed E-state index contributed by atoms with van der Waals surface area (Å²) >= 11 is 11.9. The predicted octanol–water partition coefficient (Wildman–Crippen LogP) is 3.12. The molecule has 2 rings (SSSR count). The Morgan fingerprint density at radius 1 is 1.38 bits per heavy atom. The topological polar surface area (TPSA) is 38.8 Å². The van der Waals surface area contributed by atoms with Crippen molar-refractivity contribution in [3.05, 3.63) is 33.8 Å². The van der Waals surface area contributed by atoms with Crippen molar-refractivity contribution in [2.45, 2.75) is 6.42 Å². The van der Waals surface area contributed by atoms with Crippen LogP contribution in [0.2, 0.25) is 10.0 Å². The lowest BCUT2D eigenvalue weighted by molar-refractivity contribution is 0.0515. The van der Waals surface area contributed by atoms with Gasteiger partial charge in [0, 0.05) is 31.1 Å². The monoisotopic (exact) mass is 331 g/mol. The number of benzene rings is 1. The summed E-state index contributed by atoms with van der Waals surface area (Å²) in [5.74, 6) is 0.327. The van der Waals surface area contributed by atoms with Gasteiger partial charge in [-0.25, -0.2) is 0 Å². The third kappa shape index (κ3) is 4.58. The third-order valence-electron chi connectivity index (χ3n) is 3.52. The van der Waals surface area contributed by atoms with Gasteiger partial charge in [-0.15, -0.1) is 0 Å². The van der Waals surface area contributed by atoms with Gasteiger partial charge in [0.1, 0.15) is 0 Å². The largest absolute Gasteiger partial charge is 0.382 e. The molecule has 0 aliphatic carbocycles. The highest BCUT2D eigenvalue weighted by Gasteiger charge is 2.28. The fraction of sp³-hybridized carbons (Fsp3) is 0.533. The Balaban J connectivity index is 1.87. The van der Waals surface area contributed by atoms with E-state index in [0.29, 0.717) is 47.9 Å². The van der Waals surface area contributed by atoms with Crippen LogP contribution in [0.3, 0.4) is 0 Å². The maximum Gasteiger partial charge on any atom is 0.255 e. The van der Waals surface area contributed by atoms with E-state index >= 15 is 0 Å². The molecule has 1 heterocycles. The van der Waals surface area contributed by atoms with Gasteiger partial charge >= 0.3 is 0 Å². The summed E-state index contributed by atoms with van der Waals surface area (Å²) < 4.78 is 10.5. The molecule has 0 bridgehead atoms. The summed E-state index contributed by atoms with van der Waals surface area (Å²) in [5, 5.41) is 0.926. The Kier molecular flexibility index (Phi) is 6.30. The first-order chi connectivity index (χ1) is 10.1. The van der Waals surface area contributed by atoms with Crippen molar-refractivity contribution < 1.29 is 14.3 Å². The minimum absolute atomic E-state index is 0.0453. The van der Waals surface area contributed by atoms with Crippen LogP contribution in [0.15, 0.2) is 18.2 Å². The zero-order chi connectivity index (χ0) is 15.2. The van der Waals surface area contributed by atoms with E-state index < -0.39 is 0 Å². The number of likely N-dealkylation sites (tertiary alicyclic amines) is 1. The molecule has 1 fully saturated rings. The van der Waals surface area contributed by atoms with Crippen molar-refractivity contribution in [3.8, 4) is 0 Å². The lowest BCUT2D eigenvalue weighted by Crippen LogP contribution is -2.29. The molecular formula is C15H19Cl2NO3. The molecule has 1 aliphatic heterocycles. The second kappa shape index (κ2) is 7.99. The molecule has 1 aromatic rings. The Hall–Kier alpha value is -0.810. The van der Waals surface area contributed by atoms with Crippen LogP contribution in [0.1, 0.15) is 16.8 Å². The molecule has 0 aromatic heterocycles. The van der Waals surface area contributed by atoms with Crippen molar-refractivity contribution in [2.24, 2.45) is 5.92 Å². The molecule has 1 aliphatic rings. The minimum atomic E-state index is -0.0453. The minimum Gasteiger partial charge on any atom is -0.382 e. The van der Waals surface area contributed by atoms with Crippen LogP contribution < -0.4 is 0 Å². The Morgan fingerprint density at radius 3 is 2.90 bits per heavy atom. The molecule has 0 radical (unpaired) electrons. The second-order valence-corrected chi connectivity index (χ2v) is 5.94. The summed E-state index contributed by atoms with van der Waals surface area (Å²) in [6.07, 6.45) is 0.948. The van der Waals surface area contributed by atoms with Crippen LogP contribution in [-0.4, -0.2) is 50.8 Å². The van der Waals surface area contributed by atoms with Gasteiger partial charge in [-0.05, 0) is 24.6 Å². The summed E-state index contributed by atoms with van der Waals surface area (Å²) in [5.41, 5.74) is 0.502. The van der Waals surface area contributed by atoms with Gasteiger partial charge in [-0.3, -0.25) is 4.79 Å². The molecule has 116 valence electrons. The van der Waals surface area contributed by atoms with Crippen molar-refractivity contribution in [1.29, 1.82) is 0 Å². The van der Waals surface area contributed by atoms with Crippen LogP contribution in [0.5, 0.6) is 0 Å². The molecule has 0 saturated carbocycles. The number of hydrogen-bond donors (Lipinski definition) is 0. The van der Waals surface area contributed by atoms with Crippen molar-refractivity contribution >= 4 is 29.1 Å². The van der Waals surface area contributed by atoms with Gasteiger partial charge in [0.25, 0.3) is 5.91 Å². The number of methoxy groups -OCH3 is 1. The molecule has 1 amide bonds. The normalized spacial score (nSPS) is 18.2. The molecule has 1 atom stereocenters. The van der Waals surface area contributed by atoms with Crippen molar-refractivity contribution in [3.63, 3.8) is 0 Å². The maximum atomic E-state index is 12.4. The van der Waals surface area contributed by atoms with Crippen LogP contribution in [-0.2, 0) is 9.47 Å². The number of hydrogen-bond acceptors (Lipinski definition) is 3. The fourth-order valence-corrected chi connectivity index (χ4v) is 2.87. The van der Waals surface area contributed by atoms with Crippen molar-refractivity contribution in [1.82, 2.24) is 4.90 Å². The lowest BCUT2D eigenvalue weighted by Gasteiger charge is -2.17. The first kappa shape index (κ1) is 16.6. The number of halogens is 2. The molecule has 21 heavy (non-hydrogen) atoms. The molecule has 0 unspecified atom stereocenters. The van der Waals surface area contributed by atoms with Gasteiger partial charge in [0.05, 0.1) is 30.4 Å². The number of rotatable bonds is 6. The zero-order valence-corrected chi connectivity index (χ0v) is 13.5. The Labute approximate surface area is 134 Å². The third-order valence-corrected chi connectivity index (χ3v) is 4.07. The highest BCUT2D eigenvalue weighted by atomic mass is 35.5. The first-order valence-electron chi connectivity index (χ1n) is 6.93. The highest BCUT2D eigenvalue weighted by Crippen LogP contribution is 2.25. The lowest BCUT2D eigenvalue weighted by atomic mass is 10.1. The van der Waals surface area contributed by atoms with Crippen LogP contribution in [0, 0.1) is 5.92 Å². The first-order valence-corrected chi connectivity index (χ1v) is 7.68. The second-order valence-electron chi connectivity index (χ2n) is 5.10. The number of ether oxygens (including phenoxy) is 2. The van der Waals surface area contributed by atoms with Crippen LogP contribution >= 0.6 is 23.2 Å². The van der Waals surface area contributed by atoms with Gasteiger partial charge < -0.3 is 14.4 Å². The summed E-state index contributed by atoms with van der Waals surface area (Å²) in [4.78, 5) is 14.3. The van der Waals surface area contributed by atoms with Gasteiger partial charge in [-0.1, -0.05) is 23.2 Å². The van der Waals surface area contributed by atoms with E-state index in [2.05, 4.69) is 0 Å². The molecule has 6 heteroatoms. The van der Waals surface area contributed by atoms with E-state index in [9.17, 15) is 4.79 Å². The highest BCUT2D eigenvalue weighted by molar-refractivity contribution is 6.36. The number of amides is 1. The number of carbonyl (C=O) groups is 1. The average Bonchev–Trinajstić information content (AvgIpc) is 2.92. The predicted molar refractivity (Wildman–Crippen MR) is 83.2 cm³/mol. The van der Waals surface area contributed by atoms with Crippen LogP contribution in [0.4, 0.5) is 0 Å². The molecule has 1 saturated heterocycles. The molecule has 4 nitrogen and oxygen atoms in total. The smallest absolute Gasteiger partial charge is 0.255 e. The van der Waals surface area contributed by atoms with E-state index in [1.807, 2.05) is 4.90 Å². The van der Waals surface area contributed by atoms with Gasteiger partial charge in [0.15, 0.2) is 0 Å². The van der Waals surface area contributed by atoms with Gasteiger partial charge in [0.2, 0.25) is 0 Å². The standard InChI is InChI=1S/C15H19Cl2NO3/c1-20-6-7-21-10-11-4-5-18(9-11)15(19)13-3-2-12(16)8-14(13)17/h2-3,8,11H,4-7,9-10H2,1H3/t11-/m0/s1. The summed E-state index contributed by atoms with van der Waals surface area (Å²) in [7, 11) is 1.65. The Morgan fingerprint density at radius 2 is 2.19 bits per heavy atom. The van der Waals surface area contributed by atoms with Crippen molar-refractivity contribution in [2.75, 3.05) is 40.0 Å². The maximum absolute atomic E-state index is 12.4. The Bertz CT molecular complexity index is 496. The molecule has 0 N–H and O–H groups in total. The molecule has 0 spiro atoms. The summed E-state index contributed by atoms with van der Waals surface area (Å²) in [6.45, 7) is 3.27. The van der Waals surface area contributed by atoms with Gasteiger partial charge in [-0.2, -0.15) is 0 Å². The summed E-state index contributed by atoms with van der Waals surface area (Å²) in [6, 6.07) is 4.95. The zero-order valence-electron chi connectivity index (χ0n) is 12.0. The van der Waals surface area contributed by atoms with E-state index in [4.69, 9.17) is 32.7 Å².